The fraction of sp³-hybridized carbons (Fsp3) is 0.656. The minimum absolute atomic E-state index is 0.0784. The van der Waals surface area contributed by atoms with Gasteiger partial charge in [-0.05, 0) is 71.0 Å². The number of rotatable bonds is 10. The standard InChI is InChI=1S/C18H25N3O.C9H18O2.C5H10O2/c1-12(2)10-16-18-14(8-9-21(16)17(22)11-19-3)13-6-4-5-7-15(13)20-18;1-4-7-8(5-2)11-9(10)6-3;1-5(2,3)7-4-6/h4-7,12,16,19-20H,8-11H2,1-3H3;8H,4-7H2,1-3H3;4H,1-3H3. The van der Waals surface area contributed by atoms with Crippen molar-refractivity contribution in [2.45, 2.75) is 112 Å². The Morgan fingerprint density at radius 2 is 1.85 bits per heavy atom. The van der Waals surface area contributed by atoms with E-state index in [1.807, 2.05) is 46.6 Å². The van der Waals surface area contributed by atoms with Crippen LogP contribution in [0.1, 0.15) is 105 Å². The van der Waals surface area contributed by atoms with Crippen LogP contribution in [0.3, 0.4) is 0 Å². The topological polar surface area (TPSA) is 101 Å². The number of benzene rings is 1. The Labute approximate surface area is 241 Å². The second kappa shape index (κ2) is 17.7. The number of nitrogens with zero attached hydrogens (tertiary/aromatic N) is 1. The molecule has 1 aromatic carbocycles. The molecule has 2 N–H and O–H groups in total. The van der Waals surface area contributed by atoms with Crippen LogP contribution < -0.4 is 5.32 Å². The van der Waals surface area contributed by atoms with Crippen LogP contribution >= 0.6 is 0 Å². The number of likely N-dealkylation sites (N-methyl/N-ethyl adjacent to an activating group) is 1. The molecule has 8 heteroatoms. The van der Waals surface area contributed by atoms with Gasteiger partial charge in [0.05, 0.1) is 12.6 Å². The lowest BCUT2D eigenvalue weighted by molar-refractivity contribution is -0.149. The molecule has 0 saturated heterocycles. The van der Waals surface area contributed by atoms with E-state index in [9.17, 15) is 14.4 Å². The minimum atomic E-state index is -0.318. The van der Waals surface area contributed by atoms with Gasteiger partial charge in [-0.2, -0.15) is 0 Å². The SMILES string of the molecule is CC(C)(C)OC=O.CCCC(CC)OC(=O)CC.CNCC(=O)N1CCc2c([nH]c3ccccc23)C1CC(C)C. The highest BCUT2D eigenvalue weighted by atomic mass is 16.5. The van der Waals surface area contributed by atoms with Crippen LogP contribution in [0.5, 0.6) is 0 Å². The van der Waals surface area contributed by atoms with Crippen molar-refractivity contribution < 1.29 is 23.9 Å². The fourth-order valence-corrected chi connectivity index (χ4v) is 4.64. The Morgan fingerprint density at radius 1 is 1.18 bits per heavy atom. The zero-order chi connectivity index (χ0) is 30.3. The largest absolute Gasteiger partial charge is 0.462 e. The quantitative estimate of drug-likeness (QED) is 0.260. The zero-order valence-electron chi connectivity index (χ0n) is 26.3. The van der Waals surface area contributed by atoms with Crippen molar-refractivity contribution in [1.82, 2.24) is 15.2 Å². The molecule has 2 aromatic rings. The van der Waals surface area contributed by atoms with E-state index in [1.165, 1.54) is 22.2 Å². The second-order valence-corrected chi connectivity index (χ2v) is 11.6. The van der Waals surface area contributed by atoms with Crippen molar-refractivity contribution in [3.05, 3.63) is 35.5 Å². The molecule has 0 fully saturated rings. The van der Waals surface area contributed by atoms with Gasteiger partial charge in [0.1, 0.15) is 11.7 Å². The Hall–Kier alpha value is -2.87. The number of para-hydroxylation sites is 1. The molecule has 2 unspecified atom stereocenters. The molecule has 1 aliphatic rings. The third kappa shape index (κ3) is 11.7. The van der Waals surface area contributed by atoms with Gasteiger partial charge in [0.2, 0.25) is 5.91 Å². The third-order valence-electron chi connectivity index (χ3n) is 6.56. The molecule has 0 bridgehead atoms. The summed E-state index contributed by atoms with van der Waals surface area (Å²) in [6.07, 6.45) is 5.56. The van der Waals surface area contributed by atoms with Crippen LogP contribution in [0.25, 0.3) is 10.9 Å². The first-order valence-corrected chi connectivity index (χ1v) is 14.8. The maximum absolute atomic E-state index is 12.5. The number of fused-ring (bicyclic) bond motifs is 3. The summed E-state index contributed by atoms with van der Waals surface area (Å²) >= 11 is 0. The molecule has 1 amide bonds. The molecule has 1 aliphatic heterocycles. The Balaban J connectivity index is 0.000000372. The van der Waals surface area contributed by atoms with Crippen LogP contribution in [0, 0.1) is 5.92 Å². The van der Waals surface area contributed by atoms with Gasteiger partial charge in [0.15, 0.2) is 0 Å². The van der Waals surface area contributed by atoms with Crippen molar-refractivity contribution in [2.24, 2.45) is 5.92 Å². The van der Waals surface area contributed by atoms with Crippen LogP contribution in [-0.4, -0.2) is 60.1 Å². The van der Waals surface area contributed by atoms with E-state index < -0.39 is 0 Å². The highest BCUT2D eigenvalue weighted by Gasteiger charge is 2.33. The molecule has 226 valence electrons. The Morgan fingerprint density at radius 3 is 2.35 bits per heavy atom. The lowest BCUT2D eigenvalue weighted by atomic mass is 9.91. The van der Waals surface area contributed by atoms with Gasteiger partial charge in [0, 0.05) is 29.6 Å². The maximum atomic E-state index is 12.5. The molecule has 0 radical (unpaired) electrons. The average molecular weight is 560 g/mol. The smallest absolute Gasteiger partial charge is 0.305 e. The molecule has 3 rings (SSSR count). The van der Waals surface area contributed by atoms with Gasteiger partial charge in [-0.15, -0.1) is 0 Å². The van der Waals surface area contributed by atoms with Crippen molar-refractivity contribution in [3.8, 4) is 0 Å². The van der Waals surface area contributed by atoms with Crippen molar-refractivity contribution in [1.29, 1.82) is 0 Å². The van der Waals surface area contributed by atoms with Gasteiger partial charge < -0.3 is 24.7 Å². The van der Waals surface area contributed by atoms with Crippen LogP contribution in [-0.2, 0) is 30.3 Å². The first kappa shape index (κ1) is 35.2. The van der Waals surface area contributed by atoms with E-state index in [-0.39, 0.29) is 29.6 Å². The summed E-state index contributed by atoms with van der Waals surface area (Å²) in [5, 5.41) is 4.30. The van der Waals surface area contributed by atoms with Crippen molar-refractivity contribution in [2.75, 3.05) is 20.1 Å². The molecule has 8 nitrogen and oxygen atoms in total. The summed E-state index contributed by atoms with van der Waals surface area (Å²) in [4.78, 5) is 38.5. The fourth-order valence-electron chi connectivity index (χ4n) is 4.64. The second-order valence-electron chi connectivity index (χ2n) is 11.6. The number of carbonyl (C=O) groups excluding carboxylic acids is 3. The molecular formula is C32H53N3O5. The van der Waals surface area contributed by atoms with Gasteiger partial charge in [-0.3, -0.25) is 14.4 Å². The normalized spacial score (nSPS) is 15.2. The maximum Gasteiger partial charge on any atom is 0.305 e. The number of aromatic amines is 1. The van der Waals surface area contributed by atoms with E-state index in [4.69, 9.17) is 4.74 Å². The molecule has 0 saturated carbocycles. The summed E-state index contributed by atoms with van der Waals surface area (Å²) < 4.78 is 9.70. The predicted octanol–water partition coefficient (Wildman–Crippen LogP) is 6.34. The van der Waals surface area contributed by atoms with Gasteiger partial charge in [-0.1, -0.05) is 59.2 Å². The number of H-pyrrole nitrogens is 1. The van der Waals surface area contributed by atoms with E-state index in [1.54, 1.807) is 0 Å². The molecular weight excluding hydrogens is 506 g/mol. The lowest BCUT2D eigenvalue weighted by Crippen LogP contribution is -2.44. The number of esters is 1. The Kier molecular flexibility index (Phi) is 15.6. The molecule has 1 aromatic heterocycles. The number of aromatic nitrogens is 1. The number of carbonyl (C=O) groups is 3. The number of ether oxygens (including phenoxy) is 2. The molecule has 2 heterocycles. The van der Waals surface area contributed by atoms with E-state index in [0.717, 1.165) is 38.6 Å². The third-order valence-corrected chi connectivity index (χ3v) is 6.56. The van der Waals surface area contributed by atoms with Gasteiger partial charge >= 0.3 is 5.97 Å². The molecule has 40 heavy (non-hydrogen) atoms. The molecule has 0 aliphatic carbocycles. The van der Waals surface area contributed by atoms with E-state index >= 15 is 0 Å². The number of hydrogen-bond acceptors (Lipinski definition) is 6. The highest BCUT2D eigenvalue weighted by Crippen LogP contribution is 2.37. The van der Waals surface area contributed by atoms with Crippen LogP contribution in [0.4, 0.5) is 0 Å². The number of hydrogen-bond donors (Lipinski definition) is 2. The lowest BCUT2D eigenvalue weighted by Gasteiger charge is -2.37. The van der Waals surface area contributed by atoms with Gasteiger partial charge in [-0.25, -0.2) is 0 Å². The van der Waals surface area contributed by atoms with Gasteiger partial charge in [0.25, 0.3) is 6.47 Å². The highest BCUT2D eigenvalue weighted by molar-refractivity contribution is 5.86. The van der Waals surface area contributed by atoms with E-state index in [0.29, 0.717) is 25.4 Å². The van der Waals surface area contributed by atoms with Crippen LogP contribution in [0.2, 0.25) is 0 Å². The van der Waals surface area contributed by atoms with Crippen molar-refractivity contribution in [3.63, 3.8) is 0 Å². The zero-order valence-corrected chi connectivity index (χ0v) is 26.3. The van der Waals surface area contributed by atoms with Crippen LogP contribution in [0.15, 0.2) is 24.3 Å². The summed E-state index contributed by atoms with van der Waals surface area (Å²) in [5.74, 6) is 0.662. The summed E-state index contributed by atoms with van der Waals surface area (Å²) in [7, 11) is 1.83. The summed E-state index contributed by atoms with van der Waals surface area (Å²) in [5.41, 5.74) is 3.51. The number of amides is 1. The molecule has 2 atom stereocenters. The molecule has 0 spiro atoms. The average Bonchev–Trinajstić information content (AvgIpc) is 3.27. The monoisotopic (exact) mass is 559 g/mol. The summed E-state index contributed by atoms with van der Waals surface area (Å²) in [6.45, 7) is 17.5. The first-order valence-electron chi connectivity index (χ1n) is 14.8. The van der Waals surface area contributed by atoms with Crippen molar-refractivity contribution >= 4 is 29.3 Å². The number of nitrogens with one attached hydrogen (secondary N) is 2. The minimum Gasteiger partial charge on any atom is -0.462 e. The Bertz CT molecular complexity index is 1040. The summed E-state index contributed by atoms with van der Waals surface area (Å²) in [6, 6.07) is 8.62. The van der Waals surface area contributed by atoms with E-state index in [2.05, 4.69) is 60.1 Å². The predicted molar refractivity (Wildman–Crippen MR) is 162 cm³/mol. The first-order chi connectivity index (χ1) is 18.9.